The van der Waals surface area contributed by atoms with Crippen LogP contribution in [0.25, 0.3) is 66.1 Å². The lowest BCUT2D eigenvalue weighted by Crippen LogP contribution is -1.95. The molecule has 2 aromatic heterocycles. The van der Waals surface area contributed by atoms with Gasteiger partial charge in [-0.3, -0.25) is 0 Å². The third-order valence-corrected chi connectivity index (χ3v) is 11.3. The van der Waals surface area contributed by atoms with Crippen LogP contribution in [0.3, 0.4) is 0 Å². The number of rotatable bonds is 11. The summed E-state index contributed by atoms with van der Waals surface area (Å²) in [5, 5.41) is 5.22. The summed E-state index contributed by atoms with van der Waals surface area (Å²) in [5.74, 6) is 0. The third-order valence-electron chi connectivity index (χ3n) is 10.3. The molecule has 2 heterocycles. The minimum Gasteiger partial charge on any atom is -0.309 e. The smallest absolute Gasteiger partial charge is 0.0541 e. The van der Waals surface area contributed by atoms with Gasteiger partial charge in [-0.15, -0.1) is 0 Å². The van der Waals surface area contributed by atoms with Crippen molar-refractivity contribution in [2.45, 2.75) is 65.2 Å². The summed E-state index contributed by atoms with van der Waals surface area (Å²) < 4.78 is 7.05. The highest BCUT2D eigenvalue weighted by molar-refractivity contribution is 9.10. The maximum absolute atomic E-state index is 3.73. The normalized spacial score (nSPS) is 11.8. The topological polar surface area (TPSA) is 9.86 Å². The van der Waals surface area contributed by atoms with E-state index in [2.05, 4.69) is 176 Å². The first-order chi connectivity index (χ1) is 24.5. The lowest BCUT2D eigenvalue weighted by Gasteiger charge is -2.11. The minimum absolute atomic E-state index is 1.11. The van der Waals surface area contributed by atoms with Crippen LogP contribution in [0.4, 0.5) is 0 Å². The Morgan fingerprint density at radius 3 is 1.14 bits per heavy atom. The molecule has 0 aliphatic rings. The molecule has 0 radical (unpaired) electrons. The molecule has 8 aromatic rings. The van der Waals surface area contributed by atoms with Gasteiger partial charge in [-0.25, -0.2) is 0 Å². The fourth-order valence-electron chi connectivity index (χ4n) is 7.72. The van der Waals surface area contributed by atoms with Gasteiger partial charge in [-0.2, -0.15) is 0 Å². The second-order valence-corrected chi connectivity index (χ2v) is 15.5. The van der Waals surface area contributed by atoms with Gasteiger partial charge in [0.25, 0.3) is 0 Å². The van der Waals surface area contributed by atoms with Crippen LogP contribution in [0.15, 0.2) is 130 Å². The van der Waals surface area contributed by atoms with Crippen LogP contribution < -0.4 is 0 Å². The molecule has 50 heavy (non-hydrogen) atoms. The number of aryl methyl sites for hydroxylation is 2. The minimum atomic E-state index is 1.11. The van der Waals surface area contributed by atoms with E-state index in [1.165, 1.54) is 116 Å². The van der Waals surface area contributed by atoms with Crippen LogP contribution in [-0.2, 0) is 12.8 Å². The molecule has 2 nitrogen and oxygen atoms in total. The van der Waals surface area contributed by atoms with Crippen molar-refractivity contribution in [3.63, 3.8) is 0 Å². The molecule has 6 aromatic carbocycles. The Labute approximate surface area is 312 Å². The largest absolute Gasteiger partial charge is 0.309 e. The van der Waals surface area contributed by atoms with Gasteiger partial charge in [0.15, 0.2) is 0 Å². The number of halogens is 2. The van der Waals surface area contributed by atoms with E-state index in [1.807, 2.05) is 0 Å². The number of nitrogens with zero attached hydrogens (tertiary/aromatic N) is 2. The Balaban J connectivity index is 1.13. The Morgan fingerprint density at radius 2 is 0.760 bits per heavy atom. The molecule has 0 saturated heterocycles. The molecule has 0 aliphatic heterocycles. The number of benzene rings is 6. The second kappa shape index (κ2) is 14.2. The summed E-state index contributed by atoms with van der Waals surface area (Å²) in [6, 6.07) is 45.5. The average Bonchev–Trinajstić information content (AvgIpc) is 3.63. The molecule has 0 fully saturated rings. The van der Waals surface area contributed by atoms with E-state index in [9.17, 15) is 0 Å². The highest BCUT2D eigenvalue weighted by Crippen LogP contribution is 2.37. The quantitative estimate of drug-likeness (QED) is 0.116. The van der Waals surface area contributed by atoms with Gasteiger partial charge in [-0.05, 0) is 133 Å². The standard InChI is InChI=1S/C46H42Br2N2/c1-3-5-7-9-31-11-23-43-39(27-31)41-29-35(47)17-25-45(41)49(43)37-19-13-33(14-20-37)34-15-21-38(22-16-34)50-44-24-12-32(10-8-6-4-2)28-40(44)42-30-36(48)18-26-46(42)50/h11-30H,3-10H2,1-2H3. The van der Waals surface area contributed by atoms with Crippen molar-refractivity contribution in [1.29, 1.82) is 0 Å². The highest BCUT2D eigenvalue weighted by Gasteiger charge is 2.16. The van der Waals surface area contributed by atoms with Gasteiger partial charge in [-0.1, -0.05) is 108 Å². The third kappa shape index (κ3) is 6.22. The molecule has 250 valence electrons. The number of hydrogen-bond donors (Lipinski definition) is 0. The van der Waals surface area contributed by atoms with Crippen molar-refractivity contribution in [3.05, 3.63) is 141 Å². The molecular formula is C46H42Br2N2. The molecule has 0 amide bonds. The van der Waals surface area contributed by atoms with E-state index < -0.39 is 0 Å². The van der Waals surface area contributed by atoms with Crippen LogP contribution in [0.1, 0.15) is 63.5 Å². The lowest BCUT2D eigenvalue weighted by molar-refractivity contribution is 0.718. The van der Waals surface area contributed by atoms with E-state index in [-0.39, 0.29) is 0 Å². The van der Waals surface area contributed by atoms with Crippen LogP contribution in [0.2, 0.25) is 0 Å². The average molecular weight is 783 g/mol. The summed E-state index contributed by atoms with van der Waals surface area (Å²) in [7, 11) is 0. The second-order valence-electron chi connectivity index (χ2n) is 13.7. The molecule has 8 rings (SSSR count). The fourth-order valence-corrected chi connectivity index (χ4v) is 8.44. The van der Waals surface area contributed by atoms with E-state index >= 15 is 0 Å². The Hall–Kier alpha value is -4.12. The van der Waals surface area contributed by atoms with Crippen molar-refractivity contribution >= 4 is 75.5 Å². The van der Waals surface area contributed by atoms with Gasteiger partial charge < -0.3 is 9.13 Å². The molecule has 0 aliphatic carbocycles. The molecule has 0 bridgehead atoms. The predicted octanol–water partition coefficient (Wildman–Crippen LogP) is 14.5. The van der Waals surface area contributed by atoms with Gasteiger partial charge >= 0.3 is 0 Å². The molecule has 0 N–H and O–H groups in total. The van der Waals surface area contributed by atoms with Crippen molar-refractivity contribution in [2.24, 2.45) is 0 Å². The Bertz CT molecular complexity index is 2290. The summed E-state index contributed by atoms with van der Waals surface area (Å²) in [6.07, 6.45) is 9.78. The van der Waals surface area contributed by atoms with Gasteiger partial charge in [0, 0.05) is 41.9 Å². The molecular weight excluding hydrogens is 740 g/mol. The number of aromatic nitrogens is 2. The first-order valence-corrected chi connectivity index (χ1v) is 19.8. The van der Waals surface area contributed by atoms with Crippen molar-refractivity contribution in [3.8, 4) is 22.5 Å². The van der Waals surface area contributed by atoms with Crippen molar-refractivity contribution in [1.82, 2.24) is 9.13 Å². The van der Waals surface area contributed by atoms with E-state index in [0.717, 1.165) is 21.8 Å². The summed E-state index contributed by atoms with van der Waals surface area (Å²) in [5.41, 5.74) is 12.6. The van der Waals surface area contributed by atoms with Gasteiger partial charge in [0.2, 0.25) is 0 Å². The first kappa shape index (κ1) is 33.0. The van der Waals surface area contributed by atoms with E-state index in [1.54, 1.807) is 0 Å². The zero-order valence-electron chi connectivity index (χ0n) is 28.9. The predicted molar refractivity (Wildman–Crippen MR) is 222 cm³/mol. The monoisotopic (exact) mass is 780 g/mol. The molecule has 0 unspecified atom stereocenters. The highest BCUT2D eigenvalue weighted by atomic mass is 79.9. The van der Waals surface area contributed by atoms with Crippen molar-refractivity contribution in [2.75, 3.05) is 0 Å². The SMILES string of the molecule is CCCCCc1ccc2c(c1)c1cc(Br)ccc1n2-c1ccc(-c2ccc(-n3c4ccc(Br)cc4c4cc(CCCCC)ccc43)cc2)cc1. The zero-order valence-corrected chi connectivity index (χ0v) is 32.0. The molecule has 0 atom stereocenters. The van der Waals surface area contributed by atoms with Crippen LogP contribution in [0.5, 0.6) is 0 Å². The number of fused-ring (bicyclic) bond motifs is 6. The number of hydrogen-bond acceptors (Lipinski definition) is 0. The van der Waals surface area contributed by atoms with E-state index in [4.69, 9.17) is 0 Å². The van der Waals surface area contributed by atoms with Gasteiger partial charge in [0.05, 0.1) is 22.1 Å². The maximum Gasteiger partial charge on any atom is 0.0541 e. The first-order valence-electron chi connectivity index (χ1n) is 18.2. The maximum atomic E-state index is 3.73. The Morgan fingerprint density at radius 1 is 0.400 bits per heavy atom. The summed E-state index contributed by atoms with van der Waals surface area (Å²) in [6.45, 7) is 4.54. The van der Waals surface area contributed by atoms with Crippen LogP contribution in [-0.4, -0.2) is 9.13 Å². The Kier molecular flexibility index (Phi) is 9.42. The fraction of sp³-hybridized carbons (Fsp3) is 0.217. The van der Waals surface area contributed by atoms with Crippen LogP contribution >= 0.6 is 31.9 Å². The molecule has 4 heteroatoms. The summed E-state index contributed by atoms with van der Waals surface area (Å²) >= 11 is 7.47. The number of unbranched alkanes of at least 4 members (excludes halogenated alkanes) is 4. The van der Waals surface area contributed by atoms with Crippen LogP contribution in [0, 0.1) is 0 Å². The van der Waals surface area contributed by atoms with Crippen molar-refractivity contribution < 1.29 is 0 Å². The molecule has 0 spiro atoms. The zero-order chi connectivity index (χ0) is 34.2. The lowest BCUT2D eigenvalue weighted by atomic mass is 10.0. The summed E-state index contributed by atoms with van der Waals surface area (Å²) in [4.78, 5) is 0. The van der Waals surface area contributed by atoms with E-state index in [0.29, 0.717) is 0 Å². The molecule has 0 saturated carbocycles. The van der Waals surface area contributed by atoms with Gasteiger partial charge in [0.1, 0.15) is 0 Å².